The number of nitrogens with one attached hydrogen (secondary N) is 6. The number of hydrogen-bond acceptors (Lipinski definition) is 11. The summed E-state index contributed by atoms with van der Waals surface area (Å²) in [5.41, 5.74) is 30.5. The summed E-state index contributed by atoms with van der Waals surface area (Å²) in [5, 5.41) is 24.2. The molecule has 1 unspecified atom stereocenters. The number of primary amides is 1. The van der Waals surface area contributed by atoms with E-state index < -0.39 is 83.6 Å². The number of ether oxygens (including phenoxy) is 1. The third-order valence-electron chi connectivity index (χ3n) is 12.2. The number of carbonyl (C=O) groups is 7. The molecule has 5 rings (SSSR count). The van der Waals surface area contributed by atoms with Crippen molar-refractivity contribution in [1.82, 2.24) is 31.6 Å². The molecule has 0 spiro atoms. The molecule has 71 heavy (non-hydrogen) atoms. The van der Waals surface area contributed by atoms with E-state index in [1.807, 2.05) is 44.2 Å². The van der Waals surface area contributed by atoms with E-state index in [-0.39, 0.29) is 70.0 Å². The van der Waals surface area contributed by atoms with E-state index >= 15 is 0 Å². The number of carboxylic acids is 1. The van der Waals surface area contributed by atoms with Crippen LogP contribution in [0.2, 0.25) is 0 Å². The van der Waals surface area contributed by atoms with Crippen LogP contribution in [0.15, 0.2) is 84.0 Å². The third kappa shape index (κ3) is 15.7. The van der Waals surface area contributed by atoms with Crippen molar-refractivity contribution in [3.63, 3.8) is 0 Å². The van der Waals surface area contributed by atoms with E-state index in [0.717, 1.165) is 16.5 Å². The first-order valence-corrected chi connectivity index (χ1v) is 23.8. The van der Waals surface area contributed by atoms with Crippen LogP contribution >= 0.6 is 0 Å². The summed E-state index contributed by atoms with van der Waals surface area (Å²) >= 11 is 0. The Balaban J connectivity index is 1.49. The van der Waals surface area contributed by atoms with Gasteiger partial charge in [0.05, 0.1) is 18.6 Å². The zero-order valence-electron chi connectivity index (χ0n) is 40.2. The van der Waals surface area contributed by atoms with E-state index in [1.54, 1.807) is 48.7 Å². The molecular weight excluding hydrogens is 913 g/mol. The van der Waals surface area contributed by atoms with Crippen LogP contribution in [-0.4, -0.2) is 112 Å². The van der Waals surface area contributed by atoms with Crippen LogP contribution < -0.4 is 60.0 Å². The van der Waals surface area contributed by atoms with Gasteiger partial charge in [0.15, 0.2) is 5.96 Å². The number of para-hydroxylation sites is 1. The largest absolute Gasteiger partial charge is 0.491 e. The molecule has 1 aliphatic rings. The number of nitrogens with two attached hydrogens (primary N) is 5. The highest BCUT2D eigenvalue weighted by Crippen LogP contribution is 2.35. The van der Waals surface area contributed by atoms with Crippen molar-refractivity contribution in [3.8, 4) is 5.75 Å². The molecule has 0 bridgehead atoms. The Morgan fingerprint density at radius 1 is 0.761 bits per heavy atom. The van der Waals surface area contributed by atoms with Crippen LogP contribution in [0.4, 0.5) is 0 Å². The molecule has 0 radical (unpaired) electrons. The van der Waals surface area contributed by atoms with Crippen LogP contribution in [0.5, 0.6) is 5.75 Å². The summed E-state index contributed by atoms with van der Waals surface area (Å²) in [6.07, 6.45) is 2.41. The van der Waals surface area contributed by atoms with Gasteiger partial charge >= 0.3 is 5.97 Å². The maximum Gasteiger partial charge on any atom is 0.305 e. The first kappa shape index (κ1) is 54.4. The number of aromatic amines is 1. The Morgan fingerprint density at radius 2 is 1.41 bits per heavy atom. The summed E-state index contributed by atoms with van der Waals surface area (Å²) in [4.78, 5) is 103. The van der Waals surface area contributed by atoms with Gasteiger partial charge in [-0.1, -0.05) is 60.7 Å². The maximum absolute atomic E-state index is 15.0. The molecule has 4 aromatic rings. The maximum atomic E-state index is 15.0. The molecule has 0 saturated carbocycles. The number of carbonyl (C=O) groups excluding carboxylic acids is 6. The second-order valence-corrected chi connectivity index (χ2v) is 18.1. The van der Waals surface area contributed by atoms with Gasteiger partial charge in [-0.2, -0.15) is 0 Å². The van der Waals surface area contributed by atoms with Crippen molar-refractivity contribution in [2.45, 2.75) is 126 Å². The van der Waals surface area contributed by atoms with E-state index in [0.29, 0.717) is 41.8 Å². The van der Waals surface area contributed by atoms with E-state index in [1.165, 1.54) is 0 Å². The van der Waals surface area contributed by atoms with Crippen molar-refractivity contribution in [1.29, 1.82) is 0 Å². The van der Waals surface area contributed by atoms with Crippen molar-refractivity contribution in [3.05, 3.63) is 101 Å². The predicted octanol–water partition coefficient (Wildman–Crippen LogP) is 0.193. The molecule has 21 nitrogen and oxygen atoms in total. The summed E-state index contributed by atoms with van der Waals surface area (Å²) in [7, 11) is 0. The highest BCUT2D eigenvalue weighted by Gasteiger charge is 2.46. The lowest BCUT2D eigenvalue weighted by Gasteiger charge is -2.39. The lowest BCUT2D eigenvalue weighted by Crippen LogP contribution is -2.66. The number of aliphatic carboxylic acids is 1. The Hall–Kier alpha value is -7.52. The van der Waals surface area contributed by atoms with E-state index in [9.17, 15) is 38.7 Å². The Bertz CT molecular complexity index is 2530. The van der Waals surface area contributed by atoms with Crippen molar-refractivity contribution in [2.75, 3.05) is 13.1 Å². The van der Waals surface area contributed by atoms with Crippen molar-refractivity contribution >= 4 is 58.3 Å². The number of unbranched alkanes of at least 4 members (excludes halogenated alkanes) is 1. The topological polar surface area (TPSA) is 367 Å². The van der Waals surface area contributed by atoms with Crippen LogP contribution in [0.3, 0.4) is 0 Å². The van der Waals surface area contributed by atoms with E-state index in [2.05, 4.69) is 36.6 Å². The van der Waals surface area contributed by atoms with Gasteiger partial charge in [-0.15, -0.1) is 0 Å². The van der Waals surface area contributed by atoms with Crippen molar-refractivity contribution in [2.24, 2.45) is 33.7 Å². The summed E-state index contributed by atoms with van der Waals surface area (Å²) in [6, 6.07) is 15.0. The number of aromatic nitrogens is 1. The molecule has 1 heterocycles. The number of fused-ring (bicyclic) bond motifs is 2. The molecule has 3 aromatic carbocycles. The minimum absolute atomic E-state index is 0.0227. The Labute approximate surface area is 412 Å². The van der Waals surface area contributed by atoms with Gasteiger partial charge in [0.1, 0.15) is 35.5 Å². The number of amides is 6. The van der Waals surface area contributed by atoms with Gasteiger partial charge in [-0.05, 0) is 99.7 Å². The predicted molar refractivity (Wildman–Crippen MR) is 267 cm³/mol. The highest BCUT2D eigenvalue weighted by atomic mass is 16.5. The number of carboxylic acid groups (broad SMARTS) is 1. The van der Waals surface area contributed by atoms with Crippen LogP contribution in [0.25, 0.3) is 10.9 Å². The average molecular weight is 981 g/mol. The summed E-state index contributed by atoms with van der Waals surface area (Å²) in [6.45, 7) is 4.21. The molecule has 6 amide bonds. The third-order valence-corrected chi connectivity index (χ3v) is 12.2. The second-order valence-electron chi connectivity index (χ2n) is 18.1. The smallest absolute Gasteiger partial charge is 0.305 e. The SMILES string of the molecule is CC(C)Oc1cccc2c1CCC(NC(=O)[C@@H](N)CC(=O)O)(C(=O)N[C@H](Cc1ccccc1)C(=O)N[C@@H](CCCN=C(N)N)C(=O)N[C@@H](Cc1c[nH]c3ccccc13)C(=O)N[C@@H](CCCCN)C(N)=O)C2. The first-order chi connectivity index (χ1) is 33.9. The van der Waals surface area contributed by atoms with Crippen LogP contribution in [0.1, 0.15) is 81.0 Å². The first-order valence-electron chi connectivity index (χ1n) is 23.8. The highest BCUT2D eigenvalue weighted by molar-refractivity contribution is 5.99. The van der Waals surface area contributed by atoms with Crippen molar-refractivity contribution < 1.29 is 43.4 Å². The molecule has 6 atom stereocenters. The lowest BCUT2D eigenvalue weighted by molar-refractivity contribution is -0.141. The Morgan fingerprint density at radius 3 is 2.08 bits per heavy atom. The minimum Gasteiger partial charge on any atom is -0.491 e. The second kappa shape index (κ2) is 25.9. The van der Waals surface area contributed by atoms with Gasteiger partial charge in [0.25, 0.3) is 0 Å². The average Bonchev–Trinajstić information content (AvgIpc) is 3.73. The summed E-state index contributed by atoms with van der Waals surface area (Å²) in [5.74, 6) is -5.56. The number of benzene rings is 3. The quantitative estimate of drug-likeness (QED) is 0.0216. The normalized spacial score (nSPS) is 16.2. The zero-order chi connectivity index (χ0) is 51.7. The van der Waals surface area contributed by atoms with Crippen LogP contribution in [0, 0.1) is 0 Å². The molecule has 21 heteroatoms. The number of hydrogen-bond donors (Lipinski definition) is 12. The molecular formula is C50H68N12O9. The standard InChI is InChI=1S/C50H68N12O9/c1-29(2)71-41-19-10-14-31-27-50(21-20-34(31)41,62-44(66)35(52)26-42(63)64)48(70)61-39(24-30-12-4-3-5-13-30)46(68)59-38(18-11-23-56-49(54)55)45(67)60-40(25-32-28-57-36-16-7-6-15-33(32)36)47(69)58-37(43(53)65)17-8-9-22-51/h3-7,10,12-16,19,28-29,35,37-40,57H,8-9,11,17-18,20-27,51-52H2,1-2H3,(H2,53,65)(H,58,69)(H,59,68)(H,60,67)(H,61,70)(H,62,66)(H,63,64)(H4,54,55,56)/t35-,37-,38-,39+,40-,50?/m0/s1. The fraction of sp³-hybridized carbons (Fsp3) is 0.440. The molecule has 1 aliphatic carbocycles. The molecule has 382 valence electrons. The number of rotatable bonds is 27. The molecule has 0 aliphatic heterocycles. The fourth-order valence-electron chi connectivity index (χ4n) is 8.60. The number of aliphatic imine (C=N–C) groups is 1. The Kier molecular flexibility index (Phi) is 19.9. The minimum atomic E-state index is -1.72. The molecule has 0 saturated heterocycles. The van der Waals surface area contributed by atoms with Gasteiger partial charge in [-0.25, -0.2) is 0 Å². The summed E-state index contributed by atoms with van der Waals surface area (Å²) < 4.78 is 6.07. The van der Waals surface area contributed by atoms with Gasteiger partial charge in [0.2, 0.25) is 35.4 Å². The molecule has 17 N–H and O–H groups in total. The van der Waals surface area contributed by atoms with Crippen LogP contribution in [-0.2, 0) is 59.2 Å². The lowest BCUT2D eigenvalue weighted by atomic mass is 9.76. The van der Waals surface area contributed by atoms with Gasteiger partial charge in [0, 0.05) is 42.9 Å². The van der Waals surface area contributed by atoms with Gasteiger partial charge in [-0.3, -0.25) is 38.6 Å². The monoisotopic (exact) mass is 981 g/mol. The number of H-pyrrole nitrogens is 1. The zero-order valence-corrected chi connectivity index (χ0v) is 40.2. The van der Waals surface area contributed by atoms with E-state index in [4.69, 9.17) is 33.4 Å². The number of nitrogens with zero attached hydrogens (tertiary/aromatic N) is 1. The van der Waals surface area contributed by atoms with Gasteiger partial charge < -0.3 is 70.1 Å². The molecule has 0 fully saturated rings. The number of guanidine groups is 1. The molecule has 1 aromatic heterocycles. The fourth-order valence-corrected chi connectivity index (χ4v) is 8.60.